The third-order valence-corrected chi connectivity index (χ3v) is 5.88. The minimum atomic E-state index is -0.129. The van der Waals surface area contributed by atoms with Gasteiger partial charge in [0.05, 0.1) is 11.7 Å². The molecule has 0 saturated heterocycles. The average Bonchev–Trinajstić information content (AvgIpc) is 2.96. The largest absolute Gasteiger partial charge is 0.326 e. The number of amides is 1. The molecule has 0 bridgehead atoms. The maximum absolute atomic E-state index is 12.7. The number of rotatable bonds is 4. The number of nitrogens with one attached hydrogen (secondary N) is 1. The van der Waals surface area contributed by atoms with E-state index >= 15 is 0 Å². The number of carbonyl (C=O) groups excluding carboxylic acids is 1. The van der Waals surface area contributed by atoms with Gasteiger partial charge in [0.1, 0.15) is 4.83 Å². The summed E-state index contributed by atoms with van der Waals surface area (Å²) in [4.78, 5) is 31.2. The molecule has 6 heteroatoms. The summed E-state index contributed by atoms with van der Waals surface area (Å²) in [5.74, 6) is -0.129. The first kappa shape index (κ1) is 17.4. The van der Waals surface area contributed by atoms with Gasteiger partial charge >= 0.3 is 0 Å². The van der Waals surface area contributed by atoms with Crippen molar-refractivity contribution < 1.29 is 4.79 Å². The van der Waals surface area contributed by atoms with E-state index in [1.54, 1.807) is 0 Å². The Morgan fingerprint density at radius 2 is 1.93 bits per heavy atom. The van der Waals surface area contributed by atoms with Crippen LogP contribution in [0.15, 0.2) is 53.6 Å². The zero-order valence-corrected chi connectivity index (χ0v) is 16.0. The smallest absolute Gasteiger partial charge is 0.262 e. The van der Waals surface area contributed by atoms with Crippen molar-refractivity contribution in [2.45, 2.75) is 26.8 Å². The van der Waals surface area contributed by atoms with Crippen molar-refractivity contribution in [3.63, 3.8) is 0 Å². The topological polar surface area (TPSA) is 64.0 Å². The average molecular weight is 377 g/mol. The molecular formula is C21H19N3O2S. The van der Waals surface area contributed by atoms with Crippen LogP contribution >= 0.6 is 11.3 Å². The minimum absolute atomic E-state index is 0.0830. The molecule has 0 atom stereocenters. The van der Waals surface area contributed by atoms with Crippen LogP contribution in [0.5, 0.6) is 0 Å². The van der Waals surface area contributed by atoms with E-state index in [0.717, 1.165) is 31.7 Å². The number of fused-ring (bicyclic) bond motifs is 2. The molecule has 5 nitrogen and oxygen atoms in total. The maximum Gasteiger partial charge on any atom is 0.262 e. The van der Waals surface area contributed by atoms with Gasteiger partial charge in [-0.3, -0.25) is 14.2 Å². The summed E-state index contributed by atoms with van der Waals surface area (Å²) in [5, 5.41) is 5.77. The van der Waals surface area contributed by atoms with Crippen LogP contribution in [0.4, 0.5) is 5.69 Å². The highest BCUT2D eigenvalue weighted by molar-refractivity contribution is 7.18. The lowest BCUT2D eigenvalue weighted by Crippen LogP contribution is -2.23. The van der Waals surface area contributed by atoms with E-state index in [4.69, 9.17) is 0 Å². The first-order chi connectivity index (χ1) is 13.0. The van der Waals surface area contributed by atoms with Crippen LogP contribution in [0.3, 0.4) is 0 Å². The summed E-state index contributed by atoms with van der Waals surface area (Å²) in [6, 6.07) is 13.8. The van der Waals surface area contributed by atoms with Crippen LogP contribution in [0.2, 0.25) is 0 Å². The molecule has 2 aromatic heterocycles. The predicted octanol–water partition coefficient (Wildman–Crippen LogP) is 4.26. The molecule has 0 aliphatic heterocycles. The Balaban J connectivity index is 1.48. The van der Waals surface area contributed by atoms with Crippen LogP contribution in [0.25, 0.3) is 21.0 Å². The van der Waals surface area contributed by atoms with Crippen LogP contribution in [0, 0.1) is 13.8 Å². The van der Waals surface area contributed by atoms with Gasteiger partial charge in [-0.05, 0) is 42.3 Å². The summed E-state index contributed by atoms with van der Waals surface area (Å²) in [6.07, 6.45) is 1.74. The Kier molecular flexibility index (Phi) is 4.49. The first-order valence-corrected chi connectivity index (χ1v) is 9.58. The molecule has 0 spiro atoms. The third-order valence-electron chi connectivity index (χ3n) is 4.77. The number of hydrogen-bond donors (Lipinski definition) is 1. The Morgan fingerprint density at radius 3 is 2.74 bits per heavy atom. The zero-order valence-electron chi connectivity index (χ0n) is 15.2. The van der Waals surface area contributed by atoms with Crippen molar-refractivity contribution in [1.82, 2.24) is 9.55 Å². The quantitative estimate of drug-likeness (QED) is 0.578. The van der Waals surface area contributed by atoms with Gasteiger partial charge in [-0.2, -0.15) is 0 Å². The van der Waals surface area contributed by atoms with Crippen LogP contribution in [-0.4, -0.2) is 15.5 Å². The molecule has 0 aliphatic carbocycles. The lowest BCUT2D eigenvalue weighted by molar-refractivity contribution is -0.116. The molecule has 0 unspecified atom stereocenters. The molecule has 27 heavy (non-hydrogen) atoms. The summed E-state index contributed by atoms with van der Waals surface area (Å²) >= 11 is 1.52. The number of carbonyl (C=O) groups is 1. The summed E-state index contributed by atoms with van der Waals surface area (Å²) in [5.41, 5.74) is 1.65. The fourth-order valence-electron chi connectivity index (χ4n) is 3.14. The van der Waals surface area contributed by atoms with Gasteiger partial charge in [0.2, 0.25) is 5.91 Å². The highest BCUT2D eigenvalue weighted by atomic mass is 32.1. The lowest BCUT2D eigenvalue weighted by atomic mass is 10.1. The molecule has 0 radical (unpaired) electrons. The molecule has 1 N–H and O–H groups in total. The second-order valence-corrected chi connectivity index (χ2v) is 7.77. The first-order valence-electron chi connectivity index (χ1n) is 8.77. The fraction of sp³-hybridized carbons (Fsp3) is 0.190. The van der Waals surface area contributed by atoms with Gasteiger partial charge in [-0.25, -0.2) is 4.98 Å². The van der Waals surface area contributed by atoms with Gasteiger partial charge in [-0.15, -0.1) is 11.3 Å². The maximum atomic E-state index is 12.7. The van der Waals surface area contributed by atoms with Gasteiger partial charge < -0.3 is 5.32 Å². The second-order valence-electron chi connectivity index (χ2n) is 6.57. The Labute approximate surface area is 160 Å². The highest BCUT2D eigenvalue weighted by Gasteiger charge is 2.13. The molecule has 0 fully saturated rings. The summed E-state index contributed by atoms with van der Waals surface area (Å²) in [7, 11) is 0. The molecule has 4 rings (SSSR count). The SMILES string of the molecule is Cc1sc2ncn(CCC(=O)Nc3ccc4ccccc4c3)c(=O)c2c1C. The monoisotopic (exact) mass is 377 g/mol. The number of aryl methyl sites for hydroxylation is 3. The summed E-state index contributed by atoms with van der Waals surface area (Å²) < 4.78 is 1.52. The molecule has 4 aromatic rings. The number of benzene rings is 2. The number of hydrogen-bond acceptors (Lipinski definition) is 4. The minimum Gasteiger partial charge on any atom is -0.326 e. The molecule has 136 valence electrons. The van der Waals surface area contributed by atoms with E-state index < -0.39 is 0 Å². The van der Waals surface area contributed by atoms with Crippen molar-refractivity contribution in [1.29, 1.82) is 0 Å². The number of aromatic nitrogens is 2. The molecule has 0 aliphatic rings. The molecule has 2 aromatic carbocycles. The van der Waals surface area contributed by atoms with E-state index in [0.29, 0.717) is 11.9 Å². The van der Waals surface area contributed by atoms with E-state index in [2.05, 4.69) is 10.3 Å². The molecular weight excluding hydrogens is 358 g/mol. The van der Waals surface area contributed by atoms with Crippen molar-refractivity contribution in [3.05, 3.63) is 69.6 Å². The molecule has 0 saturated carbocycles. The number of nitrogens with zero attached hydrogens (tertiary/aromatic N) is 2. The van der Waals surface area contributed by atoms with E-state index in [1.807, 2.05) is 56.3 Å². The van der Waals surface area contributed by atoms with Crippen LogP contribution in [-0.2, 0) is 11.3 Å². The van der Waals surface area contributed by atoms with Crippen LogP contribution < -0.4 is 10.9 Å². The van der Waals surface area contributed by atoms with Gasteiger partial charge in [0.25, 0.3) is 5.56 Å². The van der Waals surface area contributed by atoms with Crippen molar-refractivity contribution in [2.24, 2.45) is 0 Å². The Bertz CT molecular complexity index is 1220. The zero-order chi connectivity index (χ0) is 19.0. The standard InChI is InChI=1S/C21H19N3O2S/c1-13-14(2)27-20-19(13)21(26)24(12-22-20)10-9-18(25)23-17-8-7-15-5-3-4-6-16(15)11-17/h3-8,11-12H,9-10H2,1-2H3,(H,23,25). The number of anilines is 1. The van der Waals surface area contributed by atoms with Gasteiger partial charge in [-0.1, -0.05) is 30.3 Å². The normalized spacial score (nSPS) is 11.2. The third kappa shape index (κ3) is 3.36. The lowest BCUT2D eigenvalue weighted by Gasteiger charge is -2.08. The van der Waals surface area contributed by atoms with Gasteiger partial charge in [0, 0.05) is 23.5 Å². The van der Waals surface area contributed by atoms with Crippen molar-refractivity contribution >= 4 is 43.9 Å². The predicted molar refractivity (Wildman–Crippen MR) is 111 cm³/mol. The second kappa shape index (κ2) is 6.96. The van der Waals surface area contributed by atoms with Gasteiger partial charge in [0.15, 0.2) is 0 Å². The van der Waals surface area contributed by atoms with Crippen molar-refractivity contribution in [3.8, 4) is 0 Å². The van der Waals surface area contributed by atoms with E-state index in [-0.39, 0.29) is 17.9 Å². The van der Waals surface area contributed by atoms with Crippen LogP contribution in [0.1, 0.15) is 16.9 Å². The fourth-order valence-corrected chi connectivity index (χ4v) is 4.13. The Morgan fingerprint density at radius 1 is 1.15 bits per heavy atom. The molecule has 1 amide bonds. The molecule has 2 heterocycles. The highest BCUT2D eigenvalue weighted by Crippen LogP contribution is 2.25. The van der Waals surface area contributed by atoms with E-state index in [9.17, 15) is 9.59 Å². The van der Waals surface area contributed by atoms with Crippen molar-refractivity contribution in [2.75, 3.05) is 5.32 Å². The van der Waals surface area contributed by atoms with E-state index in [1.165, 1.54) is 22.2 Å². The number of thiophene rings is 1. The summed E-state index contributed by atoms with van der Waals surface area (Å²) in [6.45, 7) is 4.23. The Hall–Kier alpha value is -2.99.